The first kappa shape index (κ1) is 16.4. The zero-order valence-electron chi connectivity index (χ0n) is 10.6. The van der Waals surface area contributed by atoms with Gasteiger partial charge in [-0.3, -0.25) is 0 Å². The number of hydrogen-bond acceptors (Lipinski definition) is 5. The van der Waals surface area contributed by atoms with Gasteiger partial charge in [-0.05, 0) is 6.92 Å². The molecule has 0 radical (unpaired) electrons. The van der Waals surface area contributed by atoms with Gasteiger partial charge in [0.1, 0.15) is 0 Å². The predicted octanol–water partition coefficient (Wildman–Crippen LogP) is 2.90. The second-order valence-corrected chi connectivity index (χ2v) is 3.65. The fourth-order valence-electron chi connectivity index (χ4n) is 1.39. The molecule has 1 rings (SSSR count). The summed E-state index contributed by atoms with van der Waals surface area (Å²) >= 11 is 5.59. The second kappa shape index (κ2) is 6.65. The molecule has 0 bridgehead atoms. The Labute approximate surface area is 117 Å². The van der Waals surface area contributed by atoms with Crippen LogP contribution in [0.2, 0.25) is 0 Å². The highest BCUT2D eigenvalue weighted by Crippen LogP contribution is 2.37. The van der Waals surface area contributed by atoms with Gasteiger partial charge in [-0.1, -0.05) is 0 Å². The maximum atomic E-state index is 12.4. The van der Waals surface area contributed by atoms with Crippen LogP contribution in [0.4, 0.5) is 13.2 Å². The molecular formula is C11H11ClF3NO4. The van der Waals surface area contributed by atoms with E-state index >= 15 is 0 Å². The predicted molar refractivity (Wildman–Crippen MR) is 63.0 cm³/mol. The number of esters is 1. The van der Waals surface area contributed by atoms with Gasteiger partial charge in [-0.25, -0.2) is 9.78 Å². The van der Waals surface area contributed by atoms with Crippen LogP contribution in [0.3, 0.4) is 0 Å². The van der Waals surface area contributed by atoms with Gasteiger partial charge in [0.15, 0.2) is 17.2 Å². The molecule has 1 aromatic rings. The Hall–Kier alpha value is -1.70. The minimum Gasteiger partial charge on any atom is -0.491 e. The van der Waals surface area contributed by atoms with Gasteiger partial charge in [0, 0.05) is 5.56 Å². The van der Waals surface area contributed by atoms with Crippen molar-refractivity contribution >= 4 is 17.6 Å². The molecule has 0 saturated carbocycles. The molecule has 0 aliphatic carbocycles. The largest absolute Gasteiger partial charge is 0.573 e. The van der Waals surface area contributed by atoms with Gasteiger partial charge >= 0.3 is 12.3 Å². The smallest absolute Gasteiger partial charge is 0.491 e. The molecule has 0 atom stereocenters. The van der Waals surface area contributed by atoms with Gasteiger partial charge in [0.2, 0.25) is 0 Å². The van der Waals surface area contributed by atoms with Crippen LogP contribution in [0.15, 0.2) is 6.20 Å². The molecule has 9 heteroatoms. The molecule has 5 nitrogen and oxygen atoms in total. The molecule has 0 amide bonds. The molecule has 0 fully saturated rings. The lowest BCUT2D eigenvalue weighted by atomic mass is 10.2. The van der Waals surface area contributed by atoms with Crippen LogP contribution in [-0.2, 0) is 10.6 Å². The number of carbonyl (C=O) groups is 1. The van der Waals surface area contributed by atoms with Crippen LogP contribution in [0.1, 0.15) is 23.0 Å². The van der Waals surface area contributed by atoms with Crippen LogP contribution < -0.4 is 9.47 Å². The van der Waals surface area contributed by atoms with Gasteiger partial charge < -0.3 is 14.2 Å². The summed E-state index contributed by atoms with van der Waals surface area (Å²) in [6.07, 6.45) is -4.02. The van der Waals surface area contributed by atoms with Crippen LogP contribution in [0, 0.1) is 0 Å². The zero-order chi connectivity index (χ0) is 15.3. The van der Waals surface area contributed by atoms with E-state index in [0.717, 1.165) is 13.3 Å². The molecule has 1 aromatic heterocycles. The van der Waals surface area contributed by atoms with E-state index in [1.165, 1.54) is 0 Å². The molecule has 0 saturated heterocycles. The number of hydrogen-bond donors (Lipinski definition) is 0. The maximum absolute atomic E-state index is 12.4. The van der Waals surface area contributed by atoms with Crippen molar-refractivity contribution in [2.75, 3.05) is 13.7 Å². The van der Waals surface area contributed by atoms with Gasteiger partial charge in [-0.15, -0.1) is 24.8 Å². The summed E-state index contributed by atoms with van der Waals surface area (Å²) in [6, 6.07) is 0. The number of rotatable bonds is 5. The quantitative estimate of drug-likeness (QED) is 0.618. The minimum atomic E-state index is -4.96. The summed E-state index contributed by atoms with van der Waals surface area (Å²) in [4.78, 5) is 15.3. The monoisotopic (exact) mass is 313 g/mol. The van der Waals surface area contributed by atoms with E-state index in [0.29, 0.717) is 0 Å². The molecule has 1 heterocycles. The van der Waals surface area contributed by atoms with Gasteiger partial charge in [-0.2, -0.15) is 0 Å². The normalized spacial score (nSPS) is 11.1. The first-order valence-corrected chi connectivity index (χ1v) is 5.92. The van der Waals surface area contributed by atoms with Crippen molar-refractivity contribution in [3.05, 3.63) is 17.5 Å². The Bertz CT molecular complexity index is 493. The number of alkyl halides is 4. The summed E-state index contributed by atoms with van der Waals surface area (Å²) < 4.78 is 50.5. The fourth-order valence-corrected chi connectivity index (χ4v) is 1.64. The molecular weight excluding hydrogens is 303 g/mol. The number of ether oxygens (including phenoxy) is 3. The fraction of sp³-hybridized carbons (Fsp3) is 0.455. The summed E-state index contributed by atoms with van der Waals surface area (Å²) in [7, 11) is 1.14. The van der Waals surface area contributed by atoms with E-state index in [1.807, 2.05) is 0 Å². The van der Waals surface area contributed by atoms with Gasteiger partial charge in [0.05, 0.1) is 25.8 Å². The summed E-state index contributed by atoms with van der Waals surface area (Å²) in [6.45, 7) is 1.60. The number of carbonyl (C=O) groups excluding carboxylic acids is 1. The number of aromatic nitrogens is 1. The third kappa shape index (κ3) is 3.89. The molecule has 0 aromatic carbocycles. The highest BCUT2D eigenvalue weighted by Gasteiger charge is 2.35. The van der Waals surface area contributed by atoms with Crippen molar-refractivity contribution in [3.63, 3.8) is 0 Å². The molecule has 112 valence electrons. The molecule has 20 heavy (non-hydrogen) atoms. The van der Waals surface area contributed by atoms with Crippen LogP contribution >= 0.6 is 11.6 Å². The third-order valence-corrected chi connectivity index (χ3v) is 2.40. The number of nitrogens with zero attached hydrogens (tertiary/aromatic N) is 1. The Balaban J connectivity index is 3.36. The van der Waals surface area contributed by atoms with Crippen molar-refractivity contribution in [1.29, 1.82) is 0 Å². The number of halogens is 4. The number of pyridine rings is 1. The summed E-state index contributed by atoms with van der Waals surface area (Å²) in [5, 5.41) is 0. The number of methoxy groups -OCH3 is 1. The van der Waals surface area contributed by atoms with Crippen molar-refractivity contribution < 1.29 is 32.2 Å². The topological polar surface area (TPSA) is 57.7 Å². The van der Waals surface area contributed by atoms with Crippen LogP contribution in [0.25, 0.3) is 0 Å². The van der Waals surface area contributed by atoms with Crippen molar-refractivity contribution in [1.82, 2.24) is 4.98 Å². The van der Waals surface area contributed by atoms with E-state index in [-0.39, 0.29) is 23.6 Å². The minimum absolute atomic E-state index is 0.0454. The first-order chi connectivity index (χ1) is 9.34. The summed E-state index contributed by atoms with van der Waals surface area (Å²) in [5.41, 5.74) is -0.594. The Morgan fingerprint density at radius 2 is 2.10 bits per heavy atom. The van der Waals surface area contributed by atoms with Crippen LogP contribution in [0.5, 0.6) is 11.5 Å². The van der Waals surface area contributed by atoms with Gasteiger partial charge in [0.25, 0.3) is 0 Å². The van der Waals surface area contributed by atoms with Crippen molar-refractivity contribution in [2.24, 2.45) is 0 Å². The third-order valence-electron chi connectivity index (χ3n) is 2.13. The molecule has 0 unspecified atom stereocenters. The highest BCUT2D eigenvalue weighted by atomic mass is 35.5. The Morgan fingerprint density at radius 3 is 2.55 bits per heavy atom. The lowest BCUT2D eigenvalue weighted by molar-refractivity contribution is -0.275. The lowest BCUT2D eigenvalue weighted by Gasteiger charge is -2.16. The maximum Gasteiger partial charge on any atom is 0.573 e. The average molecular weight is 314 g/mol. The van der Waals surface area contributed by atoms with E-state index in [9.17, 15) is 18.0 Å². The van der Waals surface area contributed by atoms with E-state index < -0.39 is 24.0 Å². The molecule has 0 aliphatic rings. The average Bonchev–Trinajstić information content (AvgIpc) is 2.36. The van der Waals surface area contributed by atoms with E-state index in [4.69, 9.17) is 21.1 Å². The molecule has 0 spiro atoms. The lowest BCUT2D eigenvalue weighted by Crippen LogP contribution is -2.20. The van der Waals surface area contributed by atoms with Crippen LogP contribution in [-0.4, -0.2) is 31.0 Å². The zero-order valence-corrected chi connectivity index (χ0v) is 11.3. The first-order valence-electron chi connectivity index (χ1n) is 5.38. The SMILES string of the molecule is CCOC(=O)c1ncc(OC)c(OC(F)(F)F)c1CCl. The van der Waals surface area contributed by atoms with E-state index in [2.05, 4.69) is 9.72 Å². The van der Waals surface area contributed by atoms with Crippen molar-refractivity contribution in [3.8, 4) is 11.5 Å². The Morgan fingerprint density at radius 1 is 1.45 bits per heavy atom. The van der Waals surface area contributed by atoms with Crippen molar-refractivity contribution in [2.45, 2.75) is 19.2 Å². The molecule has 0 aliphatic heterocycles. The second-order valence-electron chi connectivity index (χ2n) is 3.38. The van der Waals surface area contributed by atoms with E-state index in [1.54, 1.807) is 6.92 Å². The Kier molecular flexibility index (Phi) is 5.43. The highest BCUT2D eigenvalue weighted by molar-refractivity contribution is 6.18. The summed E-state index contributed by atoms with van der Waals surface area (Å²) in [5.74, 6) is -2.30. The molecule has 0 N–H and O–H groups in total. The standard InChI is InChI=1S/C11H11ClF3NO4/c1-3-19-10(17)8-6(4-12)9(20-11(13,14)15)7(18-2)5-16-8/h5H,3-4H2,1-2H3.